The third-order valence-electron chi connectivity index (χ3n) is 8.58. The second-order valence-electron chi connectivity index (χ2n) is 11.8. The van der Waals surface area contributed by atoms with E-state index in [1.54, 1.807) is 12.1 Å². The highest BCUT2D eigenvalue weighted by Gasteiger charge is 2.36. The van der Waals surface area contributed by atoms with Crippen LogP contribution < -0.4 is 19.1 Å². The van der Waals surface area contributed by atoms with Crippen LogP contribution in [-0.2, 0) is 32.6 Å². The fraction of sp³-hybridized carbons (Fsp3) is 0.297. The van der Waals surface area contributed by atoms with Gasteiger partial charge in [0.15, 0.2) is 11.5 Å². The molecule has 0 saturated heterocycles. The molecule has 0 radical (unpaired) electrons. The van der Waals surface area contributed by atoms with E-state index in [2.05, 4.69) is 5.32 Å². The van der Waals surface area contributed by atoms with Crippen LogP contribution in [-0.4, -0.2) is 58.0 Å². The van der Waals surface area contributed by atoms with Crippen LogP contribution in [0.25, 0.3) is 0 Å². The van der Waals surface area contributed by atoms with E-state index in [-0.39, 0.29) is 41.2 Å². The van der Waals surface area contributed by atoms with Gasteiger partial charge in [-0.3, -0.25) is 13.9 Å². The zero-order chi connectivity index (χ0) is 35.0. The van der Waals surface area contributed by atoms with Crippen molar-refractivity contribution in [3.63, 3.8) is 0 Å². The minimum atomic E-state index is -4.40. The molecule has 49 heavy (non-hydrogen) atoms. The van der Waals surface area contributed by atoms with Crippen molar-refractivity contribution in [1.29, 1.82) is 0 Å². The number of sulfonamides is 1. The molecule has 1 N–H and O–H groups in total. The van der Waals surface area contributed by atoms with Gasteiger partial charge in [0.05, 0.1) is 24.8 Å². The molecule has 1 aliphatic carbocycles. The topological polar surface area (TPSA) is 105 Å². The van der Waals surface area contributed by atoms with Gasteiger partial charge in [-0.25, -0.2) is 12.8 Å². The average molecular weight is 708 g/mol. The van der Waals surface area contributed by atoms with Gasteiger partial charge in [0.1, 0.15) is 18.4 Å². The molecule has 1 atom stereocenters. The average Bonchev–Trinajstić information content (AvgIpc) is 3.63. The Bertz CT molecular complexity index is 1840. The molecule has 1 fully saturated rings. The van der Waals surface area contributed by atoms with Gasteiger partial charge >= 0.3 is 0 Å². The summed E-state index contributed by atoms with van der Waals surface area (Å²) >= 11 is 6.16. The van der Waals surface area contributed by atoms with Crippen molar-refractivity contribution in [1.82, 2.24) is 10.2 Å². The van der Waals surface area contributed by atoms with Gasteiger partial charge in [0.25, 0.3) is 10.0 Å². The number of hydrogen-bond donors (Lipinski definition) is 1. The number of benzene rings is 4. The molecule has 2 amide bonds. The van der Waals surface area contributed by atoms with Crippen molar-refractivity contribution in [2.45, 2.75) is 55.6 Å². The minimum Gasteiger partial charge on any atom is -0.493 e. The number of nitrogens with zero attached hydrogens (tertiary/aromatic N) is 2. The molecule has 4 aromatic rings. The third kappa shape index (κ3) is 8.90. The number of rotatable bonds is 14. The molecule has 1 aliphatic rings. The molecule has 1 saturated carbocycles. The predicted octanol–water partition coefficient (Wildman–Crippen LogP) is 6.39. The molecule has 0 heterocycles. The van der Waals surface area contributed by atoms with Crippen LogP contribution in [0.3, 0.4) is 0 Å². The lowest BCUT2D eigenvalue weighted by molar-refractivity contribution is -0.140. The number of methoxy groups -OCH3 is 2. The molecule has 4 aromatic carbocycles. The summed E-state index contributed by atoms with van der Waals surface area (Å²) in [5, 5.41) is 3.51. The highest BCUT2D eigenvalue weighted by molar-refractivity contribution is 7.92. The first-order valence-electron chi connectivity index (χ1n) is 16.0. The number of carbonyl (C=O) groups excluding carboxylic acids is 2. The normalized spacial score (nSPS) is 13.8. The van der Waals surface area contributed by atoms with Crippen LogP contribution in [0.2, 0.25) is 5.02 Å². The van der Waals surface area contributed by atoms with Gasteiger partial charge in [-0.2, -0.15) is 0 Å². The minimum absolute atomic E-state index is 0.0236. The number of carbonyl (C=O) groups is 2. The van der Waals surface area contributed by atoms with E-state index in [1.807, 2.05) is 30.3 Å². The lowest BCUT2D eigenvalue weighted by atomic mass is 10.0. The molecule has 0 spiro atoms. The molecule has 0 aliphatic heterocycles. The standard InChI is InChI=1S/C37H39ClFN3O6S/c1-47-34-21-20-32(23-35(34)48-2)49(45,46)42(31-18-14-28(38)15-19-31)25-36(43)41(24-27-12-16-29(39)17-13-27)33(22-26-8-4-3-5-9-26)37(44)40-30-10-6-7-11-30/h3-5,8-9,12-21,23,30,33H,6-7,10-11,22,24-25H2,1-2H3,(H,40,44). The van der Waals surface area contributed by atoms with E-state index in [0.717, 1.165) is 35.6 Å². The summed E-state index contributed by atoms with van der Waals surface area (Å²) in [5.41, 5.74) is 1.57. The van der Waals surface area contributed by atoms with Crippen LogP contribution >= 0.6 is 11.6 Å². The largest absolute Gasteiger partial charge is 0.493 e. The smallest absolute Gasteiger partial charge is 0.264 e. The lowest BCUT2D eigenvalue weighted by Gasteiger charge is -2.34. The van der Waals surface area contributed by atoms with E-state index in [9.17, 15) is 22.4 Å². The Kier molecular flexibility index (Phi) is 11.8. The van der Waals surface area contributed by atoms with Gasteiger partial charge in [-0.15, -0.1) is 0 Å². The molecule has 0 bridgehead atoms. The number of hydrogen-bond acceptors (Lipinski definition) is 6. The molecule has 258 valence electrons. The second kappa shape index (κ2) is 16.2. The Labute approximate surface area is 291 Å². The molecule has 9 nitrogen and oxygen atoms in total. The molecular formula is C37H39ClFN3O6S. The first-order valence-corrected chi connectivity index (χ1v) is 17.8. The maximum atomic E-state index is 14.6. The first kappa shape index (κ1) is 35.7. The van der Waals surface area contributed by atoms with Crippen molar-refractivity contribution in [3.05, 3.63) is 119 Å². The Hall–Kier alpha value is -4.61. The summed E-state index contributed by atoms with van der Waals surface area (Å²) in [4.78, 5) is 30.0. The van der Waals surface area contributed by atoms with Crippen molar-refractivity contribution in [3.8, 4) is 11.5 Å². The quantitative estimate of drug-likeness (QED) is 0.163. The monoisotopic (exact) mass is 707 g/mol. The highest BCUT2D eigenvalue weighted by atomic mass is 35.5. The third-order valence-corrected chi connectivity index (χ3v) is 10.6. The molecule has 12 heteroatoms. The zero-order valence-electron chi connectivity index (χ0n) is 27.4. The fourth-order valence-corrected chi connectivity index (χ4v) is 7.50. The molecule has 0 aromatic heterocycles. The van der Waals surface area contributed by atoms with E-state index < -0.39 is 34.3 Å². The SMILES string of the molecule is COc1ccc(S(=O)(=O)N(CC(=O)N(Cc2ccc(F)cc2)C(Cc2ccccc2)C(=O)NC2CCCC2)c2ccc(Cl)cc2)cc1OC. The number of ether oxygens (including phenoxy) is 2. The molecular weight excluding hydrogens is 669 g/mol. The van der Waals surface area contributed by atoms with Gasteiger partial charge < -0.3 is 19.7 Å². The van der Waals surface area contributed by atoms with Crippen LogP contribution in [0.4, 0.5) is 10.1 Å². The van der Waals surface area contributed by atoms with Gasteiger partial charge in [-0.05, 0) is 72.5 Å². The summed E-state index contributed by atoms with van der Waals surface area (Å²) in [6, 6.07) is 24.2. The van der Waals surface area contributed by atoms with Gasteiger partial charge in [0.2, 0.25) is 11.8 Å². The molecule has 5 rings (SSSR count). The van der Waals surface area contributed by atoms with Crippen LogP contribution in [0.5, 0.6) is 11.5 Å². The number of halogens is 2. The van der Waals surface area contributed by atoms with E-state index in [4.69, 9.17) is 21.1 Å². The summed E-state index contributed by atoms with van der Waals surface area (Å²) in [6.07, 6.45) is 3.84. The highest BCUT2D eigenvalue weighted by Crippen LogP contribution is 2.33. The maximum absolute atomic E-state index is 14.6. The first-order chi connectivity index (χ1) is 23.6. The van der Waals surface area contributed by atoms with E-state index in [1.165, 1.54) is 73.7 Å². The second-order valence-corrected chi connectivity index (χ2v) is 14.1. The van der Waals surface area contributed by atoms with Crippen LogP contribution in [0, 0.1) is 5.82 Å². The Morgan fingerprint density at radius 2 is 1.53 bits per heavy atom. The van der Waals surface area contributed by atoms with E-state index in [0.29, 0.717) is 16.3 Å². The predicted molar refractivity (Wildman–Crippen MR) is 187 cm³/mol. The van der Waals surface area contributed by atoms with Crippen molar-refractivity contribution < 1.29 is 31.9 Å². The maximum Gasteiger partial charge on any atom is 0.264 e. The van der Waals surface area contributed by atoms with Gasteiger partial charge in [0, 0.05) is 30.1 Å². The van der Waals surface area contributed by atoms with E-state index >= 15 is 0 Å². The van der Waals surface area contributed by atoms with Crippen molar-refractivity contribution in [2.24, 2.45) is 0 Å². The lowest BCUT2D eigenvalue weighted by Crippen LogP contribution is -2.54. The molecule has 1 unspecified atom stereocenters. The summed E-state index contributed by atoms with van der Waals surface area (Å²) in [6.45, 7) is -0.721. The van der Waals surface area contributed by atoms with Crippen molar-refractivity contribution in [2.75, 3.05) is 25.1 Å². The van der Waals surface area contributed by atoms with Gasteiger partial charge in [-0.1, -0.05) is 66.9 Å². The summed E-state index contributed by atoms with van der Waals surface area (Å²) in [7, 11) is -1.56. The summed E-state index contributed by atoms with van der Waals surface area (Å²) in [5.74, 6) is -0.900. The van der Waals surface area contributed by atoms with Crippen molar-refractivity contribution >= 4 is 39.1 Å². The Morgan fingerprint density at radius 1 is 0.878 bits per heavy atom. The zero-order valence-corrected chi connectivity index (χ0v) is 28.9. The Balaban J connectivity index is 1.57. The van der Waals surface area contributed by atoms with Crippen LogP contribution in [0.15, 0.2) is 102 Å². The Morgan fingerprint density at radius 3 is 2.16 bits per heavy atom. The number of anilines is 1. The van der Waals surface area contributed by atoms with Crippen LogP contribution in [0.1, 0.15) is 36.8 Å². The summed E-state index contributed by atoms with van der Waals surface area (Å²) < 4.78 is 54.3. The number of amides is 2. The number of nitrogens with one attached hydrogen (secondary N) is 1. The fourth-order valence-electron chi connectivity index (χ4n) is 5.95.